The molecule has 2 rings (SSSR count). The maximum absolute atomic E-state index is 11.9. The Bertz CT molecular complexity index is 501. The van der Waals surface area contributed by atoms with E-state index in [4.69, 9.17) is 9.47 Å². The van der Waals surface area contributed by atoms with Gasteiger partial charge in [-0.3, -0.25) is 9.59 Å². The molecular weight excluding hydrogens is 272 g/mol. The molecule has 6 heteroatoms. The van der Waals surface area contributed by atoms with Gasteiger partial charge in [0.1, 0.15) is 24.1 Å². The van der Waals surface area contributed by atoms with Crippen LogP contribution in [0.5, 0.6) is 11.5 Å². The van der Waals surface area contributed by atoms with Crippen molar-refractivity contribution in [1.82, 2.24) is 10.2 Å². The highest BCUT2D eigenvalue weighted by Gasteiger charge is 2.32. The predicted molar refractivity (Wildman–Crippen MR) is 77.3 cm³/mol. The van der Waals surface area contributed by atoms with Crippen LogP contribution in [0.2, 0.25) is 0 Å². The summed E-state index contributed by atoms with van der Waals surface area (Å²) in [5, 5.41) is 2.60. The van der Waals surface area contributed by atoms with Crippen LogP contribution in [0.1, 0.15) is 13.3 Å². The van der Waals surface area contributed by atoms with Gasteiger partial charge in [-0.15, -0.1) is 0 Å². The number of benzene rings is 1. The van der Waals surface area contributed by atoms with Gasteiger partial charge < -0.3 is 19.7 Å². The summed E-state index contributed by atoms with van der Waals surface area (Å²) in [5.74, 6) is 1.30. The molecule has 1 atom stereocenters. The average Bonchev–Trinajstić information content (AvgIpc) is 2.51. The van der Waals surface area contributed by atoms with Gasteiger partial charge in [0.2, 0.25) is 11.8 Å². The van der Waals surface area contributed by atoms with Crippen LogP contribution in [0.15, 0.2) is 24.3 Å². The Morgan fingerprint density at radius 3 is 2.52 bits per heavy atom. The van der Waals surface area contributed by atoms with E-state index in [1.54, 1.807) is 24.1 Å². The van der Waals surface area contributed by atoms with E-state index < -0.39 is 6.04 Å². The highest BCUT2D eigenvalue weighted by Crippen LogP contribution is 2.17. The summed E-state index contributed by atoms with van der Waals surface area (Å²) in [4.78, 5) is 25.2. The summed E-state index contributed by atoms with van der Waals surface area (Å²) in [7, 11) is 1.60. The van der Waals surface area contributed by atoms with E-state index in [0.717, 1.165) is 5.75 Å². The molecule has 0 bridgehead atoms. The number of nitrogens with one attached hydrogen (secondary N) is 1. The molecule has 0 spiro atoms. The van der Waals surface area contributed by atoms with E-state index in [2.05, 4.69) is 5.32 Å². The van der Waals surface area contributed by atoms with Gasteiger partial charge in [-0.2, -0.15) is 0 Å². The number of carbonyl (C=O) groups excluding carboxylic acids is 2. The molecule has 1 heterocycles. The smallest absolute Gasteiger partial charge is 0.243 e. The molecule has 0 aliphatic carbocycles. The number of carbonyl (C=O) groups is 2. The van der Waals surface area contributed by atoms with Crippen LogP contribution in [0.25, 0.3) is 0 Å². The van der Waals surface area contributed by atoms with Gasteiger partial charge in [0, 0.05) is 0 Å². The first kappa shape index (κ1) is 15.2. The van der Waals surface area contributed by atoms with Gasteiger partial charge in [-0.25, -0.2) is 0 Å². The van der Waals surface area contributed by atoms with E-state index in [1.165, 1.54) is 0 Å². The lowest BCUT2D eigenvalue weighted by Crippen LogP contribution is -2.58. The maximum Gasteiger partial charge on any atom is 0.243 e. The lowest BCUT2D eigenvalue weighted by atomic mass is 10.1. The number of piperazine rings is 1. The van der Waals surface area contributed by atoms with Gasteiger partial charge in [0.25, 0.3) is 0 Å². The summed E-state index contributed by atoms with van der Waals surface area (Å²) < 4.78 is 10.7. The van der Waals surface area contributed by atoms with Crippen LogP contribution < -0.4 is 14.8 Å². The first-order chi connectivity index (χ1) is 10.2. The largest absolute Gasteiger partial charge is 0.497 e. The van der Waals surface area contributed by atoms with E-state index in [0.29, 0.717) is 25.3 Å². The molecule has 114 valence electrons. The quantitative estimate of drug-likeness (QED) is 0.842. The van der Waals surface area contributed by atoms with Gasteiger partial charge in [-0.05, 0) is 30.7 Å². The first-order valence-electron chi connectivity index (χ1n) is 6.99. The van der Waals surface area contributed by atoms with Crippen molar-refractivity contribution in [2.45, 2.75) is 19.4 Å². The van der Waals surface area contributed by atoms with Crippen molar-refractivity contribution < 1.29 is 19.1 Å². The van der Waals surface area contributed by atoms with Crippen molar-refractivity contribution in [2.24, 2.45) is 0 Å². The molecule has 1 aliphatic heterocycles. The second-order valence-electron chi connectivity index (χ2n) is 4.75. The molecule has 0 radical (unpaired) electrons. The van der Waals surface area contributed by atoms with Crippen LogP contribution in [0.4, 0.5) is 0 Å². The third-order valence-electron chi connectivity index (χ3n) is 3.46. The zero-order valence-corrected chi connectivity index (χ0v) is 12.3. The molecule has 0 saturated carbocycles. The van der Waals surface area contributed by atoms with Crippen LogP contribution in [-0.2, 0) is 9.59 Å². The summed E-state index contributed by atoms with van der Waals surface area (Å²) in [6.07, 6.45) is 0.597. The summed E-state index contributed by atoms with van der Waals surface area (Å²) >= 11 is 0. The Hall–Kier alpha value is -2.24. The molecule has 1 aromatic rings. The number of hydrogen-bond acceptors (Lipinski definition) is 4. The molecule has 0 aromatic heterocycles. The summed E-state index contributed by atoms with van der Waals surface area (Å²) in [5.41, 5.74) is 0. The molecule has 1 fully saturated rings. The Morgan fingerprint density at radius 2 is 1.90 bits per heavy atom. The normalized spacial score (nSPS) is 18.4. The van der Waals surface area contributed by atoms with Crippen LogP contribution in [0, 0.1) is 0 Å². The first-order valence-corrected chi connectivity index (χ1v) is 6.99. The van der Waals surface area contributed by atoms with Crippen LogP contribution >= 0.6 is 0 Å². The van der Waals surface area contributed by atoms with E-state index in [-0.39, 0.29) is 18.4 Å². The minimum Gasteiger partial charge on any atom is -0.497 e. The third kappa shape index (κ3) is 3.65. The molecule has 1 saturated heterocycles. The standard InChI is InChI=1S/C15H20N2O4/c1-3-13-15(19)16-10-14(18)17(13)8-9-21-12-6-4-11(20-2)5-7-12/h4-7,13H,3,8-10H2,1-2H3,(H,16,19). The Morgan fingerprint density at radius 1 is 1.24 bits per heavy atom. The van der Waals surface area contributed by atoms with Crippen LogP contribution in [0.3, 0.4) is 0 Å². The zero-order chi connectivity index (χ0) is 15.2. The van der Waals surface area contributed by atoms with Gasteiger partial charge in [0.15, 0.2) is 0 Å². The highest BCUT2D eigenvalue weighted by atomic mass is 16.5. The summed E-state index contributed by atoms with van der Waals surface area (Å²) in [6, 6.07) is 6.83. The number of amides is 2. The monoisotopic (exact) mass is 292 g/mol. The van der Waals surface area contributed by atoms with Gasteiger partial charge >= 0.3 is 0 Å². The van der Waals surface area contributed by atoms with Crippen molar-refractivity contribution in [3.63, 3.8) is 0 Å². The fourth-order valence-corrected chi connectivity index (χ4v) is 2.32. The molecular formula is C15H20N2O4. The van der Waals surface area contributed by atoms with Gasteiger partial charge in [0.05, 0.1) is 20.2 Å². The summed E-state index contributed by atoms with van der Waals surface area (Å²) in [6.45, 7) is 2.71. The second kappa shape index (κ2) is 6.97. The molecule has 2 amide bonds. The number of nitrogens with zero attached hydrogens (tertiary/aromatic N) is 1. The Balaban J connectivity index is 1.88. The fraction of sp³-hybridized carbons (Fsp3) is 0.467. The molecule has 6 nitrogen and oxygen atoms in total. The van der Waals surface area contributed by atoms with Crippen molar-refractivity contribution >= 4 is 11.8 Å². The lowest BCUT2D eigenvalue weighted by molar-refractivity contribution is -0.146. The second-order valence-corrected chi connectivity index (χ2v) is 4.75. The number of ether oxygens (including phenoxy) is 2. The average molecular weight is 292 g/mol. The van der Waals surface area contributed by atoms with Crippen molar-refractivity contribution in [1.29, 1.82) is 0 Å². The minimum absolute atomic E-state index is 0.0673. The fourth-order valence-electron chi connectivity index (χ4n) is 2.32. The number of rotatable bonds is 6. The minimum atomic E-state index is -0.397. The van der Waals surface area contributed by atoms with E-state index in [1.807, 2.05) is 19.1 Å². The number of methoxy groups -OCH3 is 1. The van der Waals surface area contributed by atoms with Crippen molar-refractivity contribution in [3.05, 3.63) is 24.3 Å². The molecule has 1 aromatic carbocycles. The number of hydrogen-bond donors (Lipinski definition) is 1. The maximum atomic E-state index is 11.9. The predicted octanol–water partition coefficient (Wildman–Crippen LogP) is 0.811. The Labute approximate surface area is 124 Å². The molecule has 1 unspecified atom stereocenters. The topological polar surface area (TPSA) is 67.9 Å². The third-order valence-corrected chi connectivity index (χ3v) is 3.46. The highest BCUT2D eigenvalue weighted by molar-refractivity contribution is 5.94. The van der Waals surface area contributed by atoms with E-state index in [9.17, 15) is 9.59 Å². The zero-order valence-electron chi connectivity index (χ0n) is 12.3. The lowest BCUT2D eigenvalue weighted by Gasteiger charge is -2.34. The van der Waals surface area contributed by atoms with Crippen molar-refractivity contribution in [3.8, 4) is 11.5 Å². The molecule has 21 heavy (non-hydrogen) atoms. The van der Waals surface area contributed by atoms with E-state index >= 15 is 0 Å². The van der Waals surface area contributed by atoms with Crippen LogP contribution in [-0.4, -0.2) is 49.6 Å². The SMILES string of the molecule is CCC1C(=O)NCC(=O)N1CCOc1ccc(OC)cc1. The van der Waals surface area contributed by atoms with Gasteiger partial charge in [-0.1, -0.05) is 6.92 Å². The van der Waals surface area contributed by atoms with Crippen molar-refractivity contribution in [2.75, 3.05) is 26.8 Å². The Kier molecular flexibility index (Phi) is 5.03. The molecule has 1 aliphatic rings. The molecule has 1 N–H and O–H groups in total.